The van der Waals surface area contributed by atoms with Crippen molar-refractivity contribution in [2.45, 2.75) is 37.6 Å². The van der Waals surface area contributed by atoms with Crippen molar-refractivity contribution in [3.63, 3.8) is 0 Å². The molecule has 0 bridgehead atoms. The first-order chi connectivity index (χ1) is 13.5. The smallest absolute Gasteiger partial charge is 0.351 e. The van der Waals surface area contributed by atoms with Gasteiger partial charge in [0.15, 0.2) is 0 Å². The van der Waals surface area contributed by atoms with Gasteiger partial charge in [0.05, 0.1) is 18.9 Å². The van der Waals surface area contributed by atoms with Crippen molar-refractivity contribution >= 4 is 11.9 Å². The molecule has 0 aliphatic carbocycles. The fourth-order valence-corrected chi connectivity index (χ4v) is 3.52. The number of aromatic nitrogens is 1. The summed E-state index contributed by atoms with van der Waals surface area (Å²) in [7, 11) is 0. The van der Waals surface area contributed by atoms with Gasteiger partial charge in [-0.3, -0.25) is 4.98 Å². The molecule has 0 spiro atoms. The largest absolute Gasteiger partial charge is 0.463 e. The van der Waals surface area contributed by atoms with Crippen LogP contribution in [0.5, 0.6) is 0 Å². The van der Waals surface area contributed by atoms with Gasteiger partial charge in [0.1, 0.15) is 0 Å². The van der Waals surface area contributed by atoms with E-state index in [0.29, 0.717) is 5.56 Å². The molecule has 3 rings (SSSR count). The summed E-state index contributed by atoms with van der Waals surface area (Å²) < 4.78 is 16.2. The number of hydrogen-bond acceptors (Lipinski definition) is 7. The van der Waals surface area contributed by atoms with Crippen LogP contribution in [0.1, 0.15) is 37.4 Å². The maximum absolute atomic E-state index is 13.0. The number of ether oxygens (including phenoxy) is 3. The lowest BCUT2D eigenvalue weighted by atomic mass is 9.80. The van der Waals surface area contributed by atoms with Gasteiger partial charge < -0.3 is 19.3 Å². The molecule has 0 saturated carbocycles. The van der Waals surface area contributed by atoms with Crippen molar-refractivity contribution in [1.29, 1.82) is 0 Å². The number of pyridine rings is 1. The van der Waals surface area contributed by atoms with E-state index < -0.39 is 29.2 Å². The average Bonchev–Trinajstić information content (AvgIpc) is 3.06. The van der Waals surface area contributed by atoms with Crippen molar-refractivity contribution in [2.75, 3.05) is 13.2 Å². The van der Waals surface area contributed by atoms with Crippen LogP contribution in [-0.4, -0.2) is 40.8 Å². The lowest BCUT2D eigenvalue weighted by molar-refractivity contribution is -0.245. The molecule has 2 unspecified atom stereocenters. The molecule has 0 amide bonds. The quantitative estimate of drug-likeness (QED) is 0.602. The Morgan fingerprint density at radius 1 is 1.07 bits per heavy atom. The van der Waals surface area contributed by atoms with E-state index in [0.717, 1.165) is 0 Å². The van der Waals surface area contributed by atoms with Crippen LogP contribution in [0.3, 0.4) is 0 Å². The highest BCUT2D eigenvalue weighted by Gasteiger charge is 2.67. The molecule has 1 aromatic carbocycles. The highest BCUT2D eigenvalue weighted by atomic mass is 16.7. The van der Waals surface area contributed by atoms with E-state index >= 15 is 0 Å². The summed E-state index contributed by atoms with van der Waals surface area (Å²) in [4.78, 5) is 30.2. The first-order valence-corrected chi connectivity index (χ1v) is 9.21. The predicted molar refractivity (Wildman–Crippen MR) is 99.0 cm³/mol. The van der Waals surface area contributed by atoms with Crippen LogP contribution < -0.4 is 0 Å². The van der Waals surface area contributed by atoms with Gasteiger partial charge in [-0.2, -0.15) is 0 Å². The van der Waals surface area contributed by atoms with Gasteiger partial charge in [0, 0.05) is 18.5 Å². The van der Waals surface area contributed by atoms with Gasteiger partial charge in [0.25, 0.3) is 5.60 Å². The van der Waals surface area contributed by atoms with Gasteiger partial charge in [-0.05, 0) is 31.5 Å². The molecule has 1 saturated heterocycles. The van der Waals surface area contributed by atoms with Crippen LogP contribution in [0.15, 0.2) is 54.7 Å². The zero-order chi connectivity index (χ0) is 20.2. The second-order valence-electron chi connectivity index (χ2n) is 6.45. The SMILES string of the molecule is CCOC(=O)C1(C(=O)OCC)OC(O)(c2ccccn2)CC1c1ccccc1. The molecule has 2 aromatic rings. The third-order valence-electron chi connectivity index (χ3n) is 4.73. The summed E-state index contributed by atoms with van der Waals surface area (Å²) in [5.41, 5.74) is -1.29. The molecule has 7 nitrogen and oxygen atoms in total. The Morgan fingerprint density at radius 3 is 2.21 bits per heavy atom. The monoisotopic (exact) mass is 385 g/mol. The minimum Gasteiger partial charge on any atom is -0.463 e. The summed E-state index contributed by atoms with van der Waals surface area (Å²) in [6.45, 7) is 3.36. The molecular formula is C21H23NO6. The van der Waals surface area contributed by atoms with Gasteiger partial charge in [-0.1, -0.05) is 36.4 Å². The summed E-state index contributed by atoms with van der Waals surface area (Å²) in [5, 5.41) is 11.3. The number of rotatable bonds is 6. The van der Waals surface area contributed by atoms with E-state index in [9.17, 15) is 14.7 Å². The fourth-order valence-electron chi connectivity index (χ4n) is 3.52. The first-order valence-electron chi connectivity index (χ1n) is 9.21. The third-order valence-corrected chi connectivity index (χ3v) is 4.73. The fraction of sp³-hybridized carbons (Fsp3) is 0.381. The van der Waals surface area contributed by atoms with Gasteiger partial charge in [-0.25, -0.2) is 9.59 Å². The van der Waals surface area contributed by atoms with Crippen molar-refractivity contribution in [2.24, 2.45) is 0 Å². The van der Waals surface area contributed by atoms with E-state index in [4.69, 9.17) is 14.2 Å². The topological polar surface area (TPSA) is 95.0 Å². The van der Waals surface area contributed by atoms with E-state index in [1.165, 1.54) is 6.20 Å². The van der Waals surface area contributed by atoms with E-state index in [1.54, 1.807) is 56.3 Å². The first kappa shape index (κ1) is 20.0. The molecule has 28 heavy (non-hydrogen) atoms. The molecule has 7 heteroatoms. The molecule has 1 aromatic heterocycles. The normalized spacial score (nSPS) is 23.2. The Labute approximate surface area is 163 Å². The van der Waals surface area contributed by atoms with Crippen LogP contribution in [0.25, 0.3) is 0 Å². The highest BCUT2D eigenvalue weighted by Crippen LogP contribution is 2.52. The number of carbonyl (C=O) groups excluding carboxylic acids is 2. The van der Waals surface area contributed by atoms with Crippen LogP contribution in [0.2, 0.25) is 0 Å². The van der Waals surface area contributed by atoms with E-state index in [1.807, 2.05) is 6.07 Å². The maximum atomic E-state index is 13.0. The summed E-state index contributed by atoms with van der Waals surface area (Å²) >= 11 is 0. The van der Waals surface area contributed by atoms with Crippen molar-refractivity contribution in [1.82, 2.24) is 4.98 Å². The second kappa shape index (κ2) is 8.08. The zero-order valence-electron chi connectivity index (χ0n) is 15.8. The Balaban J connectivity index is 2.17. The molecule has 148 valence electrons. The van der Waals surface area contributed by atoms with Crippen molar-refractivity contribution in [3.8, 4) is 0 Å². The second-order valence-corrected chi connectivity index (χ2v) is 6.45. The Kier molecular flexibility index (Phi) is 5.76. The van der Waals surface area contributed by atoms with Crippen molar-refractivity contribution < 1.29 is 28.9 Å². The maximum Gasteiger partial charge on any atom is 0.351 e. The third kappa shape index (κ3) is 3.39. The lowest BCUT2D eigenvalue weighted by Gasteiger charge is -2.30. The van der Waals surface area contributed by atoms with Gasteiger partial charge >= 0.3 is 11.9 Å². The minimum absolute atomic E-state index is 0.0485. The standard InChI is InChI=1S/C21H23NO6/c1-3-26-18(23)21(19(24)27-4-2)16(15-10-6-5-7-11-15)14-20(25,28-21)17-12-8-9-13-22-17/h5-13,16,25H,3-4,14H2,1-2H3. The summed E-state index contributed by atoms with van der Waals surface area (Å²) in [6.07, 6.45) is 1.44. The number of carbonyl (C=O) groups is 2. The molecule has 0 radical (unpaired) electrons. The molecule has 1 aliphatic rings. The van der Waals surface area contributed by atoms with Crippen LogP contribution in [0.4, 0.5) is 0 Å². The molecule has 1 aliphatic heterocycles. The number of esters is 2. The lowest BCUT2D eigenvalue weighted by Crippen LogP contribution is -2.53. The van der Waals surface area contributed by atoms with Crippen LogP contribution >= 0.6 is 0 Å². The number of nitrogens with zero attached hydrogens (tertiary/aromatic N) is 1. The van der Waals surface area contributed by atoms with Gasteiger partial charge in [0.2, 0.25) is 5.79 Å². The Hall–Kier alpha value is -2.77. The molecule has 2 heterocycles. The van der Waals surface area contributed by atoms with Crippen molar-refractivity contribution in [3.05, 3.63) is 66.0 Å². The number of benzene rings is 1. The number of aliphatic hydroxyl groups is 1. The molecular weight excluding hydrogens is 362 g/mol. The van der Waals surface area contributed by atoms with E-state index in [2.05, 4.69) is 4.98 Å². The Bertz CT molecular complexity index is 807. The Morgan fingerprint density at radius 2 is 1.68 bits per heavy atom. The summed E-state index contributed by atoms with van der Waals surface area (Å²) in [6, 6.07) is 13.9. The minimum atomic E-state index is -2.14. The molecule has 1 fully saturated rings. The number of hydrogen-bond donors (Lipinski definition) is 1. The zero-order valence-corrected chi connectivity index (χ0v) is 15.8. The van der Waals surface area contributed by atoms with E-state index in [-0.39, 0.29) is 25.3 Å². The average molecular weight is 385 g/mol. The predicted octanol–water partition coefficient (Wildman–Crippen LogP) is 2.30. The van der Waals surface area contributed by atoms with Crippen LogP contribution in [0, 0.1) is 0 Å². The highest BCUT2D eigenvalue weighted by molar-refractivity contribution is 6.05. The van der Waals surface area contributed by atoms with Crippen LogP contribution in [-0.2, 0) is 29.6 Å². The molecule has 1 N–H and O–H groups in total. The summed E-state index contributed by atoms with van der Waals surface area (Å²) in [5.74, 6) is -4.57. The van der Waals surface area contributed by atoms with Gasteiger partial charge in [-0.15, -0.1) is 0 Å². The molecule has 2 atom stereocenters.